The summed E-state index contributed by atoms with van der Waals surface area (Å²) < 4.78 is 5.97. The van der Waals surface area contributed by atoms with Gasteiger partial charge in [-0.25, -0.2) is 4.79 Å². The van der Waals surface area contributed by atoms with Gasteiger partial charge < -0.3 is 14.6 Å². The van der Waals surface area contributed by atoms with E-state index in [4.69, 9.17) is 9.52 Å². The molecule has 0 saturated carbocycles. The number of rotatable bonds is 3. The second kappa shape index (κ2) is 4.64. The van der Waals surface area contributed by atoms with Gasteiger partial charge in [0.05, 0.1) is 0 Å². The minimum absolute atomic E-state index is 0.175. The molecule has 0 amide bonds. The Kier molecular flexibility index (Phi) is 3.37. The number of thiophene rings is 1. The quantitative estimate of drug-likeness (QED) is 0.912. The number of hydrogen-bond acceptors (Lipinski definition) is 4. The Bertz CT molecular complexity index is 538. The number of aryl methyl sites for hydroxylation is 1. The number of carboxylic acid groups (broad SMARTS) is 1. The van der Waals surface area contributed by atoms with Crippen molar-refractivity contribution in [3.8, 4) is 0 Å². The van der Waals surface area contributed by atoms with Crippen molar-refractivity contribution in [2.45, 2.75) is 13.0 Å². The van der Waals surface area contributed by atoms with Crippen LogP contribution < -0.4 is 0 Å². The van der Waals surface area contributed by atoms with Gasteiger partial charge in [0.25, 0.3) is 0 Å². The van der Waals surface area contributed by atoms with Crippen LogP contribution in [0.5, 0.6) is 0 Å². The maximum absolute atomic E-state index is 10.7. The van der Waals surface area contributed by atoms with Crippen LogP contribution in [0.2, 0.25) is 0 Å². The van der Waals surface area contributed by atoms with Gasteiger partial charge in [-0.2, -0.15) is 0 Å². The number of furan rings is 1. The molecule has 0 bridgehead atoms. The summed E-state index contributed by atoms with van der Waals surface area (Å²) in [5.41, 5.74) is 0. The molecule has 0 aromatic carbocycles. The molecule has 0 fully saturated rings. The number of halogens is 1. The topological polar surface area (TPSA) is 70.7 Å². The minimum atomic E-state index is -1.15. The van der Waals surface area contributed by atoms with Gasteiger partial charge in [-0.3, -0.25) is 0 Å². The molecule has 90 valence electrons. The lowest BCUT2D eigenvalue weighted by atomic mass is 10.2. The Balaban J connectivity index is 2.30. The molecule has 0 spiro atoms. The average molecular weight is 317 g/mol. The molecule has 0 radical (unpaired) electrons. The molecule has 0 aliphatic rings. The van der Waals surface area contributed by atoms with E-state index in [2.05, 4.69) is 15.9 Å². The van der Waals surface area contributed by atoms with Gasteiger partial charge in [-0.15, -0.1) is 11.3 Å². The van der Waals surface area contributed by atoms with Crippen LogP contribution in [0.1, 0.15) is 32.2 Å². The summed E-state index contributed by atoms with van der Waals surface area (Å²) in [6, 6.07) is 4.60. The van der Waals surface area contributed by atoms with E-state index in [0.29, 0.717) is 4.88 Å². The van der Waals surface area contributed by atoms with Crippen LogP contribution in [0.3, 0.4) is 0 Å². The molecule has 6 heteroatoms. The second-order valence-electron chi connectivity index (χ2n) is 3.46. The maximum Gasteiger partial charge on any atom is 0.371 e. The number of aliphatic hydroxyl groups excluding tert-OH is 1. The van der Waals surface area contributed by atoms with E-state index in [0.717, 1.165) is 9.35 Å². The zero-order valence-electron chi connectivity index (χ0n) is 8.81. The van der Waals surface area contributed by atoms with E-state index < -0.39 is 12.1 Å². The van der Waals surface area contributed by atoms with Crippen molar-refractivity contribution in [3.63, 3.8) is 0 Å². The summed E-state index contributed by atoms with van der Waals surface area (Å²) in [5.74, 6) is -1.09. The Morgan fingerprint density at radius 3 is 2.71 bits per heavy atom. The highest BCUT2D eigenvalue weighted by Gasteiger charge is 2.19. The molecule has 0 aliphatic carbocycles. The maximum atomic E-state index is 10.7. The zero-order valence-corrected chi connectivity index (χ0v) is 11.2. The Morgan fingerprint density at radius 1 is 1.53 bits per heavy atom. The van der Waals surface area contributed by atoms with Crippen LogP contribution >= 0.6 is 27.3 Å². The number of aromatic carboxylic acids is 1. The summed E-state index contributed by atoms with van der Waals surface area (Å²) in [5, 5.41) is 18.7. The highest BCUT2D eigenvalue weighted by molar-refractivity contribution is 9.10. The second-order valence-corrected chi connectivity index (χ2v) is 5.60. The fourth-order valence-electron chi connectivity index (χ4n) is 1.37. The molecule has 2 aromatic rings. The summed E-state index contributed by atoms with van der Waals surface area (Å²) in [4.78, 5) is 12.4. The third-order valence-corrected chi connectivity index (χ3v) is 4.44. The summed E-state index contributed by atoms with van der Waals surface area (Å²) >= 11 is 4.79. The smallest absolute Gasteiger partial charge is 0.371 e. The molecule has 2 heterocycles. The molecule has 4 nitrogen and oxygen atoms in total. The van der Waals surface area contributed by atoms with Crippen LogP contribution in [0.15, 0.2) is 27.1 Å². The van der Waals surface area contributed by atoms with Crippen molar-refractivity contribution < 1.29 is 19.4 Å². The first kappa shape index (κ1) is 12.3. The Labute approximate surface area is 110 Å². The molecule has 2 rings (SSSR count). The molecule has 2 N–H and O–H groups in total. The molecule has 17 heavy (non-hydrogen) atoms. The molecule has 2 aromatic heterocycles. The monoisotopic (exact) mass is 316 g/mol. The van der Waals surface area contributed by atoms with Crippen molar-refractivity contribution in [2.75, 3.05) is 0 Å². The van der Waals surface area contributed by atoms with Crippen molar-refractivity contribution >= 4 is 33.2 Å². The third-order valence-electron chi connectivity index (χ3n) is 2.25. The number of carbonyl (C=O) groups is 1. The first-order chi connectivity index (χ1) is 7.99. The lowest BCUT2D eigenvalue weighted by molar-refractivity contribution is 0.0655. The van der Waals surface area contributed by atoms with E-state index in [9.17, 15) is 9.90 Å². The van der Waals surface area contributed by atoms with Gasteiger partial charge in [0, 0.05) is 14.2 Å². The van der Waals surface area contributed by atoms with Gasteiger partial charge in [0.15, 0.2) is 0 Å². The standard InChI is InChI=1S/C11H9BrO4S/c1-5-6(12)4-9(17-5)10(13)7-2-3-8(16-7)11(14)15/h2-4,10,13H,1H3,(H,14,15). The highest BCUT2D eigenvalue weighted by atomic mass is 79.9. The van der Waals surface area contributed by atoms with Crippen LogP contribution in [-0.4, -0.2) is 16.2 Å². The van der Waals surface area contributed by atoms with E-state index in [-0.39, 0.29) is 11.5 Å². The van der Waals surface area contributed by atoms with E-state index in [1.165, 1.54) is 23.5 Å². The lowest BCUT2D eigenvalue weighted by Gasteiger charge is -2.03. The van der Waals surface area contributed by atoms with E-state index in [1.54, 1.807) is 6.07 Å². The fourth-order valence-corrected chi connectivity index (χ4v) is 2.93. The molecule has 1 unspecified atom stereocenters. The Hall–Kier alpha value is -1.11. The number of carboxylic acids is 1. The predicted octanol–water partition coefficient (Wildman–Crippen LogP) is 3.19. The van der Waals surface area contributed by atoms with Gasteiger partial charge in [-0.1, -0.05) is 0 Å². The van der Waals surface area contributed by atoms with E-state index in [1.807, 2.05) is 6.92 Å². The molecule has 1 atom stereocenters. The van der Waals surface area contributed by atoms with Crippen molar-refractivity contribution in [2.24, 2.45) is 0 Å². The predicted molar refractivity (Wildman–Crippen MR) is 66.5 cm³/mol. The van der Waals surface area contributed by atoms with Gasteiger partial charge in [0.1, 0.15) is 11.9 Å². The first-order valence-corrected chi connectivity index (χ1v) is 6.37. The summed E-state index contributed by atoms with van der Waals surface area (Å²) in [6.45, 7) is 1.93. The van der Waals surface area contributed by atoms with Crippen molar-refractivity contribution in [3.05, 3.63) is 43.9 Å². The van der Waals surface area contributed by atoms with Gasteiger partial charge >= 0.3 is 5.97 Å². The van der Waals surface area contributed by atoms with Gasteiger partial charge in [-0.05, 0) is 41.1 Å². The molecule has 0 aliphatic heterocycles. The SMILES string of the molecule is Cc1sc(C(O)c2ccc(C(=O)O)o2)cc1Br. The lowest BCUT2D eigenvalue weighted by Crippen LogP contribution is -1.96. The van der Waals surface area contributed by atoms with Gasteiger partial charge in [0.2, 0.25) is 5.76 Å². The third kappa shape index (κ3) is 2.43. The van der Waals surface area contributed by atoms with Crippen LogP contribution in [0, 0.1) is 6.92 Å². The van der Waals surface area contributed by atoms with Crippen LogP contribution in [-0.2, 0) is 0 Å². The van der Waals surface area contributed by atoms with E-state index >= 15 is 0 Å². The van der Waals surface area contributed by atoms with Crippen LogP contribution in [0.4, 0.5) is 0 Å². The molecule has 0 saturated heterocycles. The minimum Gasteiger partial charge on any atom is -0.475 e. The highest BCUT2D eigenvalue weighted by Crippen LogP contribution is 2.34. The van der Waals surface area contributed by atoms with Crippen LogP contribution in [0.25, 0.3) is 0 Å². The molecular formula is C11H9BrO4S. The Morgan fingerprint density at radius 2 is 2.24 bits per heavy atom. The number of hydrogen-bond donors (Lipinski definition) is 2. The van der Waals surface area contributed by atoms with Crippen molar-refractivity contribution in [1.29, 1.82) is 0 Å². The zero-order chi connectivity index (χ0) is 12.6. The largest absolute Gasteiger partial charge is 0.475 e. The summed E-state index contributed by atoms with van der Waals surface area (Å²) in [7, 11) is 0. The normalized spacial score (nSPS) is 12.6. The summed E-state index contributed by atoms with van der Waals surface area (Å²) in [6.07, 6.45) is -0.932. The number of aliphatic hydroxyl groups is 1. The van der Waals surface area contributed by atoms with Crippen molar-refractivity contribution in [1.82, 2.24) is 0 Å². The molecular weight excluding hydrogens is 308 g/mol. The first-order valence-electron chi connectivity index (χ1n) is 4.76. The fraction of sp³-hybridized carbons (Fsp3) is 0.182. The average Bonchev–Trinajstić information content (AvgIpc) is 2.86.